The molecule has 1 aromatic heterocycles. The molecule has 2 rings (SSSR count). The van der Waals surface area contributed by atoms with E-state index in [0.29, 0.717) is 43.3 Å². The van der Waals surface area contributed by atoms with Gasteiger partial charge in [-0.25, -0.2) is 9.97 Å². The molecule has 0 aromatic carbocycles. The van der Waals surface area contributed by atoms with Gasteiger partial charge in [0, 0.05) is 25.6 Å². The summed E-state index contributed by atoms with van der Waals surface area (Å²) in [6.07, 6.45) is 2.27. The van der Waals surface area contributed by atoms with E-state index in [1.54, 1.807) is 18.0 Å². The number of amides is 1. The molecular weight excluding hydrogens is 268 g/mol. The number of carbonyl (C=O) groups excluding carboxylic acids is 1. The first-order valence-electron chi connectivity index (χ1n) is 7.46. The van der Waals surface area contributed by atoms with Crippen LogP contribution < -0.4 is 5.32 Å². The van der Waals surface area contributed by atoms with Gasteiger partial charge in [-0.05, 0) is 20.3 Å². The summed E-state index contributed by atoms with van der Waals surface area (Å²) in [5.74, 6) is 0.674. The molecule has 1 fully saturated rings. The monoisotopic (exact) mass is 292 g/mol. The van der Waals surface area contributed by atoms with Crippen molar-refractivity contribution in [3.8, 4) is 0 Å². The van der Waals surface area contributed by atoms with Gasteiger partial charge in [0.1, 0.15) is 5.82 Å². The molecule has 0 saturated carbocycles. The fraction of sp³-hybridized carbons (Fsp3) is 0.667. The number of nitrogens with one attached hydrogen (secondary N) is 1. The van der Waals surface area contributed by atoms with Gasteiger partial charge >= 0.3 is 0 Å². The van der Waals surface area contributed by atoms with Crippen molar-refractivity contribution in [1.29, 1.82) is 0 Å². The molecule has 6 nitrogen and oxygen atoms in total. The molecular formula is C15H24N4O2. The Morgan fingerprint density at radius 2 is 2.29 bits per heavy atom. The first kappa shape index (κ1) is 15.7. The number of likely N-dealkylation sites (tertiary alicyclic amines) is 1. The maximum atomic E-state index is 12.7. The summed E-state index contributed by atoms with van der Waals surface area (Å²) in [7, 11) is 0. The molecule has 1 amide bonds. The smallest absolute Gasteiger partial charge is 0.274 e. The standard InChI is InChI=1S/C15H24N4O2/c1-5-16-11-8-17-13(10(2)3)18-12(11)14(20)19-7-6-15(4,21)9-19/h8,10,16,21H,5-7,9H2,1-4H3. The van der Waals surface area contributed by atoms with Crippen LogP contribution in [-0.4, -0.2) is 51.1 Å². The molecule has 1 atom stereocenters. The Kier molecular flexibility index (Phi) is 4.46. The van der Waals surface area contributed by atoms with Gasteiger partial charge in [0.2, 0.25) is 0 Å². The predicted molar refractivity (Wildman–Crippen MR) is 81.4 cm³/mol. The number of nitrogens with zero attached hydrogens (tertiary/aromatic N) is 3. The minimum absolute atomic E-state index is 0.145. The highest BCUT2D eigenvalue weighted by Crippen LogP contribution is 2.24. The first-order valence-corrected chi connectivity index (χ1v) is 7.46. The zero-order valence-corrected chi connectivity index (χ0v) is 13.2. The van der Waals surface area contributed by atoms with Crippen LogP contribution >= 0.6 is 0 Å². The van der Waals surface area contributed by atoms with Gasteiger partial charge in [-0.15, -0.1) is 0 Å². The molecule has 1 aliphatic rings. The Labute approximate surface area is 125 Å². The van der Waals surface area contributed by atoms with Crippen molar-refractivity contribution in [2.45, 2.75) is 45.6 Å². The fourth-order valence-electron chi connectivity index (χ4n) is 2.42. The van der Waals surface area contributed by atoms with Crippen LogP contribution in [0.3, 0.4) is 0 Å². The van der Waals surface area contributed by atoms with Crippen molar-refractivity contribution < 1.29 is 9.90 Å². The highest BCUT2D eigenvalue weighted by atomic mass is 16.3. The third-order valence-electron chi connectivity index (χ3n) is 3.63. The van der Waals surface area contributed by atoms with Crippen molar-refractivity contribution in [3.63, 3.8) is 0 Å². The van der Waals surface area contributed by atoms with Gasteiger partial charge in [-0.3, -0.25) is 4.79 Å². The maximum Gasteiger partial charge on any atom is 0.274 e. The zero-order chi connectivity index (χ0) is 15.6. The van der Waals surface area contributed by atoms with Crippen LogP contribution in [0.25, 0.3) is 0 Å². The summed E-state index contributed by atoms with van der Waals surface area (Å²) in [6.45, 7) is 9.31. The van der Waals surface area contributed by atoms with Crippen LogP contribution in [0, 0.1) is 0 Å². The molecule has 1 aliphatic heterocycles. The maximum absolute atomic E-state index is 12.7. The molecule has 2 N–H and O–H groups in total. The van der Waals surface area contributed by atoms with Crippen LogP contribution in [-0.2, 0) is 0 Å². The Morgan fingerprint density at radius 3 is 2.81 bits per heavy atom. The van der Waals surface area contributed by atoms with Gasteiger partial charge in [0.15, 0.2) is 5.69 Å². The van der Waals surface area contributed by atoms with E-state index in [0.717, 1.165) is 0 Å². The highest BCUT2D eigenvalue weighted by molar-refractivity contribution is 5.97. The topological polar surface area (TPSA) is 78.4 Å². The molecule has 21 heavy (non-hydrogen) atoms. The molecule has 0 aliphatic carbocycles. The summed E-state index contributed by atoms with van der Waals surface area (Å²) in [5, 5.41) is 13.2. The Balaban J connectivity index is 2.31. The van der Waals surface area contributed by atoms with Crippen molar-refractivity contribution in [3.05, 3.63) is 17.7 Å². The minimum atomic E-state index is -0.804. The quantitative estimate of drug-likeness (QED) is 0.882. The van der Waals surface area contributed by atoms with Gasteiger partial charge in [0.05, 0.1) is 17.5 Å². The SMILES string of the molecule is CCNc1cnc(C(C)C)nc1C(=O)N1CCC(C)(O)C1. The van der Waals surface area contributed by atoms with Crippen molar-refractivity contribution >= 4 is 11.6 Å². The molecule has 1 aromatic rings. The van der Waals surface area contributed by atoms with E-state index in [1.165, 1.54) is 0 Å². The largest absolute Gasteiger partial charge is 0.388 e. The Hall–Kier alpha value is -1.69. The lowest BCUT2D eigenvalue weighted by Gasteiger charge is -2.20. The number of anilines is 1. The third-order valence-corrected chi connectivity index (χ3v) is 3.63. The number of β-amino-alcohol motifs (C(OH)–C–C–N with tert-alkyl or cyclic N) is 1. The molecule has 0 spiro atoms. The first-order chi connectivity index (χ1) is 9.84. The Bertz CT molecular complexity index is 528. The highest BCUT2D eigenvalue weighted by Gasteiger charge is 2.35. The molecule has 0 bridgehead atoms. The average molecular weight is 292 g/mol. The molecule has 2 heterocycles. The lowest BCUT2D eigenvalue weighted by Crippen LogP contribution is -2.35. The second-order valence-electron chi connectivity index (χ2n) is 6.15. The van der Waals surface area contributed by atoms with Crippen LogP contribution in [0.5, 0.6) is 0 Å². The van der Waals surface area contributed by atoms with Crippen LogP contribution in [0.15, 0.2) is 6.20 Å². The number of aromatic nitrogens is 2. The number of aliphatic hydroxyl groups is 1. The van der Waals surface area contributed by atoms with Crippen molar-refractivity contribution in [1.82, 2.24) is 14.9 Å². The van der Waals surface area contributed by atoms with Gasteiger partial charge in [-0.2, -0.15) is 0 Å². The molecule has 116 valence electrons. The summed E-state index contributed by atoms with van der Waals surface area (Å²) < 4.78 is 0. The molecule has 6 heteroatoms. The van der Waals surface area contributed by atoms with Crippen molar-refractivity contribution in [2.24, 2.45) is 0 Å². The second kappa shape index (κ2) is 5.97. The van der Waals surface area contributed by atoms with E-state index in [-0.39, 0.29) is 11.8 Å². The Morgan fingerprint density at radius 1 is 1.57 bits per heavy atom. The van der Waals surface area contributed by atoms with Crippen molar-refractivity contribution in [2.75, 3.05) is 25.0 Å². The lowest BCUT2D eigenvalue weighted by atomic mass is 10.1. The second-order valence-corrected chi connectivity index (χ2v) is 6.15. The van der Waals surface area contributed by atoms with Crippen LogP contribution in [0.2, 0.25) is 0 Å². The molecule has 0 radical (unpaired) electrons. The summed E-state index contributed by atoms with van der Waals surface area (Å²) in [6, 6.07) is 0. The molecule has 1 unspecified atom stereocenters. The van der Waals surface area contributed by atoms with Crippen LogP contribution in [0.4, 0.5) is 5.69 Å². The lowest BCUT2D eigenvalue weighted by molar-refractivity contribution is 0.0569. The van der Waals surface area contributed by atoms with E-state index in [1.807, 2.05) is 20.8 Å². The number of hydrogen-bond acceptors (Lipinski definition) is 5. The zero-order valence-electron chi connectivity index (χ0n) is 13.2. The van der Waals surface area contributed by atoms with E-state index in [2.05, 4.69) is 15.3 Å². The summed E-state index contributed by atoms with van der Waals surface area (Å²) in [5.41, 5.74) is 0.244. The molecule has 1 saturated heterocycles. The number of rotatable bonds is 4. The number of hydrogen-bond donors (Lipinski definition) is 2. The summed E-state index contributed by atoms with van der Waals surface area (Å²) >= 11 is 0. The number of carbonyl (C=O) groups is 1. The van der Waals surface area contributed by atoms with Crippen LogP contribution in [0.1, 0.15) is 56.3 Å². The van der Waals surface area contributed by atoms with Gasteiger partial charge in [-0.1, -0.05) is 13.8 Å². The minimum Gasteiger partial charge on any atom is -0.388 e. The predicted octanol–water partition coefficient (Wildman–Crippen LogP) is 1.63. The fourth-order valence-corrected chi connectivity index (χ4v) is 2.42. The van der Waals surface area contributed by atoms with E-state index < -0.39 is 5.60 Å². The summed E-state index contributed by atoms with van der Waals surface area (Å²) in [4.78, 5) is 23.1. The van der Waals surface area contributed by atoms with E-state index in [4.69, 9.17) is 0 Å². The van der Waals surface area contributed by atoms with E-state index in [9.17, 15) is 9.90 Å². The third kappa shape index (κ3) is 3.50. The van der Waals surface area contributed by atoms with E-state index >= 15 is 0 Å². The van der Waals surface area contributed by atoms with Gasteiger partial charge in [0.25, 0.3) is 5.91 Å². The average Bonchev–Trinajstić information content (AvgIpc) is 2.79. The normalized spacial score (nSPS) is 21.9. The van der Waals surface area contributed by atoms with Gasteiger partial charge < -0.3 is 15.3 Å².